The molecule has 0 heterocycles. The van der Waals surface area contributed by atoms with E-state index in [1.54, 1.807) is 0 Å². The molecule has 0 amide bonds. The predicted octanol–water partition coefficient (Wildman–Crippen LogP) is -7.60. The van der Waals surface area contributed by atoms with E-state index >= 15 is 0 Å². The average Bonchev–Trinajstić information content (AvgIpc) is 2.63. The van der Waals surface area contributed by atoms with Crippen molar-refractivity contribution < 1.29 is 60.2 Å². The molecule has 0 aromatic rings. The van der Waals surface area contributed by atoms with Gasteiger partial charge < -0.3 is 60.2 Å². The van der Waals surface area contributed by atoms with Gasteiger partial charge in [0.05, 0.1) is 38.4 Å². The molecule has 4 unspecified atom stereocenters. The Kier molecular flexibility index (Phi) is 23.3. The van der Waals surface area contributed by atoms with Crippen LogP contribution in [0.5, 0.6) is 0 Å². The fourth-order valence-electron chi connectivity index (χ4n) is 1.20. The Bertz CT molecular complexity index is 493. The molecule has 0 radical (unpaired) electrons. The minimum absolute atomic E-state index is 0. The SMILES string of the molecule is O=C([O-])[C@H](CO)N=[P+]([O-])CC(O)CO.O=C([O-])[C@H](CO)N=[P+]([O-])CC(O)CO.[Ca+2]. The molecule has 0 aromatic carbocycles. The maximum Gasteiger partial charge on any atom is 2.00 e. The second-order valence-electron chi connectivity index (χ2n) is 5.01. The first kappa shape index (κ1) is 33.7. The number of hydrogen-bond acceptors (Lipinski definition) is 14. The van der Waals surface area contributed by atoms with E-state index in [9.17, 15) is 29.6 Å². The van der Waals surface area contributed by atoms with Gasteiger partial charge in [-0.05, 0) is 0 Å². The minimum atomic E-state index is -2.32. The van der Waals surface area contributed by atoms with Crippen LogP contribution >= 0.6 is 15.9 Å². The molecule has 0 saturated heterocycles. The van der Waals surface area contributed by atoms with Crippen LogP contribution in [0.2, 0.25) is 0 Å². The number of aliphatic carboxylic acids is 2. The molecule has 164 valence electrons. The number of aliphatic hydroxyl groups is 6. The summed E-state index contributed by atoms with van der Waals surface area (Å²) in [7, 11) is -4.64. The van der Waals surface area contributed by atoms with E-state index in [4.69, 9.17) is 30.6 Å². The standard InChI is InChI=1S/2C6H12NO6P.Ca/c2*8-1-4(10)3-14(13)7-5(2-9)6(11)12;/h2*4-5,8-10H,1-3H2,(H,11,12);/q;;+2/p-2/t2*4?,5-;/m00./s1. The third-order valence-corrected chi connectivity index (χ3v) is 5.12. The van der Waals surface area contributed by atoms with Gasteiger partial charge in [0.25, 0.3) is 0 Å². The molecule has 29 heavy (non-hydrogen) atoms. The van der Waals surface area contributed by atoms with Gasteiger partial charge >= 0.3 is 37.7 Å². The number of carboxylic acids is 2. The maximum absolute atomic E-state index is 11.0. The van der Waals surface area contributed by atoms with Gasteiger partial charge in [-0.1, -0.05) is 0 Å². The zero-order valence-corrected chi connectivity index (χ0v) is 19.2. The van der Waals surface area contributed by atoms with Crippen LogP contribution in [0.1, 0.15) is 0 Å². The van der Waals surface area contributed by atoms with Crippen molar-refractivity contribution in [2.75, 3.05) is 38.8 Å². The third kappa shape index (κ3) is 18.6. The Morgan fingerprint density at radius 3 is 1.17 bits per heavy atom. The Labute approximate surface area is 197 Å². The van der Waals surface area contributed by atoms with Crippen LogP contribution in [0.3, 0.4) is 0 Å². The van der Waals surface area contributed by atoms with E-state index in [1.165, 1.54) is 0 Å². The molecule has 0 saturated carbocycles. The van der Waals surface area contributed by atoms with E-state index in [2.05, 4.69) is 9.49 Å². The quantitative estimate of drug-likeness (QED) is 0.110. The second kappa shape index (κ2) is 20.0. The van der Waals surface area contributed by atoms with Gasteiger partial charge in [0, 0.05) is 0 Å². The number of carboxylic acid groups (broad SMARTS) is 2. The number of nitrogens with zero attached hydrogens (tertiary/aromatic N) is 2. The van der Waals surface area contributed by atoms with Gasteiger partial charge in [0.2, 0.25) is 0 Å². The summed E-state index contributed by atoms with van der Waals surface area (Å²) in [4.78, 5) is 42.4. The molecular formula is C12H22CaN2O12P2. The van der Waals surface area contributed by atoms with Crippen molar-refractivity contribution in [3.05, 3.63) is 0 Å². The molecule has 6 N–H and O–H groups in total. The van der Waals surface area contributed by atoms with Crippen molar-refractivity contribution in [3.63, 3.8) is 0 Å². The maximum atomic E-state index is 11.0. The molecular weight excluding hydrogens is 466 g/mol. The van der Waals surface area contributed by atoms with Gasteiger partial charge in [-0.3, -0.25) is 0 Å². The first-order chi connectivity index (χ1) is 13.0. The zero-order chi connectivity index (χ0) is 22.3. The number of carbonyl (C=O) groups excluding carboxylic acids is 2. The van der Waals surface area contributed by atoms with Gasteiger partial charge in [0.1, 0.15) is 12.2 Å². The second-order valence-corrected chi connectivity index (χ2v) is 7.61. The van der Waals surface area contributed by atoms with Crippen LogP contribution < -0.4 is 20.0 Å². The van der Waals surface area contributed by atoms with Crippen molar-refractivity contribution in [3.8, 4) is 0 Å². The largest absolute Gasteiger partial charge is 2.00 e. The van der Waals surface area contributed by atoms with Crippen LogP contribution in [0.25, 0.3) is 0 Å². The van der Waals surface area contributed by atoms with Gasteiger partial charge in [0.15, 0.2) is 40.3 Å². The van der Waals surface area contributed by atoms with Crippen molar-refractivity contribution in [1.82, 2.24) is 0 Å². The van der Waals surface area contributed by atoms with E-state index < -0.39 is 78.5 Å². The predicted molar refractivity (Wildman–Crippen MR) is 92.1 cm³/mol. The Hall–Kier alpha value is 0.0797. The van der Waals surface area contributed by atoms with Crippen LogP contribution in [0, 0.1) is 0 Å². The minimum Gasteiger partial charge on any atom is -0.612 e. The number of aliphatic hydroxyl groups excluding tert-OH is 6. The normalized spacial score (nSPS) is 15.9. The fraction of sp³-hybridized carbons (Fsp3) is 0.833. The van der Waals surface area contributed by atoms with Crippen LogP contribution in [-0.2, 0) is 9.59 Å². The molecule has 0 aromatic heterocycles. The summed E-state index contributed by atoms with van der Waals surface area (Å²) < 4.78 is 6.42. The Morgan fingerprint density at radius 1 is 0.724 bits per heavy atom. The van der Waals surface area contributed by atoms with E-state index in [-0.39, 0.29) is 50.1 Å². The molecule has 0 aliphatic carbocycles. The molecule has 14 nitrogen and oxygen atoms in total. The Morgan fingerprint density at radius 2 is 1.00 bits per heavy atom. The van der Waals surface area contributed by atoms with Gasteiger partial charge in [-0.2, -0.15) is 0 Å². The topological polar surface area (TPSA) is 272 Å². The summed E-state index contributed by atoms with van der Waals surface area (Å²) in [6, 6.07) is -3.10. The van der Waals surface area contributed by atoms with Gasteiger partial charge in [-0.25, -0.2) is 0 Å². The fourth-order valence-corrected chi connectivity index (χ4v) is 3.29. The zero-order valence-electron chi connectivity index (χ0n) is 15.2. The molecule has 0 spiro atoms. The summed E-state index contributed by atoms with van der Waals surface area (Å²) in [6.07, 6.45) is -3.09. The van der Waals surface area contributed by atoms with Crippen LogP contribution in [-0.4, -0.2) is 143 Å². The van der Waals surface area contributed by atoms with Crippen molar-refractivity contribution >= 4 is 65.6 Å². The Balaban J connectivity index is -0.000000451. The third-order valence-electron chi connectivity index (χ3n) is 2.58. The van der Waals surface area contributed by atoms with Crippen molar-refractivity contribution in [2.24, 2.45) is 9.49 Å². The van der Waals surface area contributed by atoms with Crippen molar-refractivity contribution in [2.45, 2.75) is 24.3 Å². The first-order valence-electron chi connectivity index (χ1n) is 7.54. The number of hydrogen-bond donors (Lipinski definition) is 6. The van der Waals surface area contributed by atoms with E-state index in [0.717, 1.165) is 0 Å². The van der Waals surface area contributed by atoms with Crippen molar-refractivity contribution in [1.29, 1.82) is 0 Å². The van der Waals surface area contributed by atoms with Crippen LogP contribution in [0.4, 0.5) is 0 Å². The molecule has 0 aliphatic heterocycles. The molecule has 0 aliphatic rings. The summed E-state index contributed by atoms with van der Waals surface area (Å²) in [5, 5.41) is 71.8. The number of carbonyl (C=O) groups is 2. The van der Waals surface area contributed by atoms with Gasteiger partial charge in [-0.15, -0.1) is 9.49 Å². The van der Waals surface area contributed by atoms with Crippen LogP contribution in [0.15, 0.2) is 9.49 Å². The van der Waals surface area contributed by atoms with E-state index in [0.29, 0.717) is 0 Å². The molecule has 0 fully saturated rings. The molecule has 0 rings (SSSR count). The first-order valence-corrected chi connectivity index (χ1v) is 10.3. The summed E-state index contributed by atoms with van der Waals surface area (Å²) >= 11 is 0. The monoisotopic (exact) mass is 488 g/mol. The smallest absolute Gasteiger partial charge is 0.612 e. The molecule has 6 atom stereocenters. The summed E-state index contributed by atoms with van der Waals surface area (Å²) in [5.41, 5.74) is 0. The summed E-state index contributed by atoms with van der Waals surface area (Å²) in [6.45, 7) is -2.77. The molecule has 0 bridgehead atoms. The van der Waals surface area contributed by atoms with E-state index in [1.807, 2.05) is 0 Å². The summed E-state index contributed by atoms with van der Waals surface area (Å²) in [5.74, 6) is -3.26. The molecule has 17 heteroatoms. The average molecular weight is 488 g/mol. The number of rotatable bonds is 12.